The summed E-state index contributed by atoms with van der Waals surface area (Å²) in [6.45, 7) is 3.27. The molecule has 0 unspecified atom stereocenters. The van der Waals surface area contributed by atoms with Gasteiger partial charge in [0.25, 0.3) is 0 Å². The Hall–Kier alpha value is -2.54. The predicted molar refractivity (Wildman–Crippen MR) is 128 cm³/mol. The van der Waals surface area contributed by atoms with Crippen LogP contribution in [0.5, 0.6) is 0 Å². The van der Waals surface area contributed by atoms with Crippen LogP contribution in [0.25, 0.3) is 0 Å². The van der Waals surface area contributed by atoms with Gasteiger partial charge < -0.3 is 20.9 Å². The minimum absolute atomic E-state index is 0.0805. The van der Waals surface area contributed by atoms with Gasteiger partial charge in [0.05, 0.1) is 18.0 Å². The molecule has 0 spiro atoms. The lowest BCUT2D eigenvalue weighted by molar-refractivity contribution is -0.138. The molecule has 7 heteroatoms. The van der Waals surface area contributed by atoms with E-state index in [-0.39, 0.29) is 36.0 Å². The normalized spacial score (nSPS) is 28.9. The number of hydrogen-bond donors (Lipinski definition) is 3. The highest BCUT2D eigenvalue weighted by Gasteiger charge is 2.48. The van der Waals surface area contributed by atoms with Crippen molar-refractivity contribution in [3.05, 3.63) is 52.2 Å². The Balaban J connectivity index is 1.43. The summed E-state index contributed by atoms with van der Waals surface area (Å²) in [5, 5.41) is 14.0. The molecule has 0 radical (unpaired) electrons. The number of likely N-dealkylation sites (tertiary alicyclic amines) is 1. The SMILES string of the molecule is CCNC(=O)N[C@@H]1CCCC[C@@H]1C(=O)N1CC[C@H]2[C@H](c3ccsc3)Nc3ccccc3[C@@H]21. The van der Waals surface area contributed by atoms with E-state index in [4.69, 9.17) is 0 Å². The van der Waals surface area contributed by atoms with Crippen molar-refractivity contribution in [2.45, 2.75) is 57.2 Å². The Morgan fingerprint density at radius 3 is 2.81 bits per heavy atom. The number of fused-ring (bicyclic) bond motifs is 3. The standard InChI is InChI=1S/C25H32N4O2S/c1-2-26-25(31)28-21-10-6-4-8-18(21)24(30)29-13-11-19-22(16-12-14-32-15-16)27-20-9-5-3-7-17(20)23(19)29/h3,5,7,9,12,14-15,18-19,21-23,27H,2,4,6,8,10-11,13H2,1H3,(H2,26,28,31)/t18-,19-,21+,22-,23-/m0/s1. The number of urea groups is 1. The zero-order chi connectivity index (χ0) is 22.1. The van der Waals surface area contributed by atoms with Crippen LogP contribution in [0.3, 0.4) is 0 Å². The molecule has 5 rings (SSSR count). The summed E-state index contributed by atoms with van der Waals surface area (Å²) in [5.41, 5.74) is 3.66. The first-order chi connectivity index (χ1) is 15.7. The van der Waals surface area contributed by atoms with Crippen LogP contribution in [0.4, 0.5) is 10.5 Å². The molecule has 2 aliphatic heterocycles. The van der Waals surface area contributed by atoms with Gasteiger partial charge in [-0.3, -0.25) is 4.79 Å². The van der Waals surface area contributed by atoms with Gasteiger partial charge in [-0.05, 0) is 60.2 Å². The summed E-state index contributed by atoms with van der Waals surface area (Å²) in [6, 6.07) is 10.7. The van der Waals surface area contributed by atoms with Crippen LogP contribution in [-0.2, 0) is 4.79 Å². The van der Waals surface area contributed by atoms with E-state index < -0.39 is 0 Å². The Morgan fingerprint density at radius 1 is 1.16 bits per heavy atom. The molecule has 1 saturated carbocycles. The molecule has 1 aromatic heterocycles. The number of amides is 3. The third-order valence-corrected chi connectivity index (χ3v) is 8.09. The second-order valence-electron chi connectivity index (χ2n) is 9.20. The monoisotopic (exact) mass is 452 g/mol. The maximum atomic E-state index is 13.9. The minimum atomic E-state index is -0.166. The van der Waals surface area contributed by atoms with Crippen molar-refractivity contribution in [2.75, 3.05) is 18.4 Å². The minimum Gasteiger partial charge on any atom is -0.378 e. The number of para-hydroxylation sites is 1. The first-order valence-electron chi connectivity index (χ1n) is 11.9. The summed E-state index contributed by atoms with van der Waals surface area (Å²) in [4.78, 5) is 28.3. The molecule has 6 nitrogen and oxygen atoms in total. The highest BCUT2D eigenvalue weighted by molar-refractivity contribution is 7.08. The third kappa shape index (κ3) is 3.87. The molecule has 5 atom stereocenters. The van der Waals surface area contributed by atoms with E-state index in [0.717, 1.165) is 44.3 Å². The molecule has 3 amide bonds. The van der Waals surface area contributed by atoms with E-state index in [1.54, 1.807) is 11.3 Å². The summed E-state index contributed by atoms with van der Waals surface area (Å²) in [5.74, 6) is 0.411. The van der Waals surface area contributed by atoms with Crippen molar-refractivity contribution in [2.24, 2.45) is 11.8 Å². The van der Waals surface area contributed by atoms with Crippen molar-refractivity contribution in [1.82, 2.24) is 15.5 Å². The van der Waals surface area contributed by atoms with Gasteiger partial charge in [0, 0.05) is 30.7 Å². The van der Waals surface area contributed by atoms with E-state index in [1.807, 2.05) is 6.92 Å². The van der Waals surface area contributed by atoms with Gasteiger partial charge in [-0.2, -0.15) is 11.3 Å². The molecule has 3 heterocycles. The lowest BCUT2D eigenvalue weighted by Crippen LogP contribution is -2.52. The maximum absolute atomic E-state index is 13.9. The molecule has 1 saturated heterocycles. The number of hydrogen-bond acceptors (Lipinski definition) is 4. The molecule has 1 aliphatic carbocycles. The Morgan fingerprint density at radius 2 is 2.00 bits per heavy atom. The van der Waals surface area contributed by atoms with Crippen LogP contribution in [0, 0.1) is 11.8 Å². The van der Waals surface area contributed by atoms with Gasteiger partial charge in [-0.1, -0.05) is 31.0 Å². The fraction of sp³-hybridized carbons (Fsp3) is 0.520. The van der Waals surface area contributed by atoms with Crippen LogP contribution in [0.15, 0.2) is 41.1 Å². The molecule has 2 fully saturated rings. The van der Waals surface area contributed by atoms with Crippen LogP contribution in [0.2, 0.25) is 0 Å². The highest BCUT2D eigenvalue weighted by atomic mass is 32.1. The van der Waals surface area contributed by atoms with Gasteiger partial charge >= 0.3 is 6.03 Å². The maximum Gasteiger partial charge on any atom is 0.315 e. The number of rotatable bonds is 4. The first-order valence-corrected chi connectivity index (χ1v) is 12.8. The van der Waals surface area contributed by atoms with Gasteiger partial charge in [-0.15, -0.1) is 0 Å². The van der Waals surface area contributed by atoms with Crippen molar-refractivity contribution in [3.63, 3.8) is 0 Å². The van der Waals surface area contributed by atoms with Gasteiger partial charge in [-0.25, -0.2) is 4.79 Å². The Labute approximate surface area is 193 Å². The van der Waals surface area contributed by atoms with Crippen molar-refractivity contribution < 1.29 is 9.59 Å². The number of thiophene rings is 1. The zero-order valence-electron chi connectivity index (χ0n) is 18.5. The smallest absolute Gasteiger partial charge is 0.315 e. The number of anilines is 1. The average Bonchev–Trinajstić information content (AvgIpc) is 3.49. The molecule has 32 heavy (non-hydrogen) atoms. The second kappa shape index (κ2) is 9.14. The predicted octanol–water partition coefficient (Wildman–Crippen LogP) is 4.68. The van der Waals surface area contributed by atoms with Crippen LogP contribution >= 0.6 is 11.3 Å². The van der Waals surface area contributed by atoms with E-state index in [2.05, 4.69) is 61.9 Å². The Kier molecular flexibility index (Phi) is 6.09. The fourth-order valence-corrected chi connectivity index (χ4v) is 6.64. The third-order valence-electron chi connectivity index (χ3n) is 7.39. The Bertz CT molecular complexity index is 963. The van der Waals surface area contributed by atoms with Gasteiger partial charge in [0.15, 0.2) is 0 Å². The van der Waals surface area contributed by atoms with E-state index in [9.17, 15) is 9.59 Å². The number of nitrogens with zero attached hydrogens (tertiary/aromatic N) is 1. The summed E-state index contributed by atoms with van der Waals surface area (Å²) >= 11 is 1.72. The number of carbonyl (C=O) groups excluding carboxylic acids is 2. The van der Waals surface area contributed by atoms with E-state index >= 15 is 0 Å². The van der Waals surface area contributed by atoms with Gasteiger partial charge in [0.1, 0.15) is 0 Å². The molecule has 2 aromatic rings. The largest absolute Gasteiger partial charge is 0.378 e. The average molecular weight is 453 g/mol. The number of nitrogens with one attached hydrogen (secondary N) is 3. The van der Waals surface area contributed by atoms with Crippen LogP contribution in [0.1, 0.15) is 62.2 Å². The van der Waals surface area contributed by atoms with Crippen LogP contribution in [-0.4, -0.2) is 36.0 Å². The van der Waals surface area contributed by atoms with Crippen molar-refractivity contribution >= 4 is 29.0 Å². The fourth-order valence-electron chi connectivity index (χ4n) is 5.95. The molecule has 1 aromatic carbocycles. The zero-order valence-corrected chi connectivity index (χ0v) is 19.4. The molecule has 3 N–H and O–H groups in total. The number of benzene rings is 1. The topological polar surface area (TPSA) is 73.5 Å². The molecule has 0 bridgehead atoms. The molecular formula is C25H32N4O2S. The summed E-state index contributed by atoms with van der Waals surface area (Å²) < 4.78 is 0. The highest BCUT2D eigenvalue weighted by Crippen LogP contribution is 2.52. The quantitative estimate of drug-likeness (QED) is 0.631. The van der Waals surface area contributed by atoms with E-state index in [0.29, 0.717) is 12.5 Å². The van der Waals surface area contributed by atoms with Crippen molar-refractivity contribution in [3.8, 4) is 0 Å². The summed E-state index contributed by atoms with van der Waals surface area (Å²) in [7, 11) is 0. The lowest BCUT2D eigenvalue weighted by Gasteiger charge is -2.41. The molecular weight excluding hydrogens is 420 g/mol. The molecule has 3 aliphatic rings. The first kappa shape index (κ1) is 21.3. The van der Waals surface area contributed by atoms with Gasteiger partial charge in [0.2, 0.25) is 5.91 Å². The van der Waals surface area contributed by atoms with E-state index in [1.165, 1.54) is 11.1 Å². The number of carbonyl (C=O) groups is 2. The van der Waals surface area contributed by atoms with Crippen LogP contribution < -0.4 is 16.0 Å². The van der Waals surface area contributed by atoms with Crippen molar-refractivity contribution in [1.29, 1.82) is 0 Å². The molecule has 170 valence electrons. The lowest BCUT2D eigenvalue weighted by atomic mass is 9.79. The second-order valence-corrected chi connectivity index (χ2v) is 9.98. The summed E-state index contributed by atoms with van der Waals surface area (Å²) in [6.07, 6.45) is 4.80.